The van der Waals surface area contributed by atoms with Gasteiger partial charge in [0.15, 0.2) is 0 Å². The monoisotopic (exact) mass is 482 g/mol. The van der Waals surface area contributed by atoms with Crippen molar-refractivity contribution in [3.63, 3.8) is 0 Å². The summed E-state index contributed by atoms with van der Waals surface area (Å²) >= 11 is 0. The first-order valence-corrected chi connectivity index (χ1v) is 10.3. The highest BCUT2D eigenvalue weighted by Crippen LogP contribution is 2.43. The number of anilines is 1. The number of nitro benzene ring substituents is 1. The lowest BCUT2D eigenvalue weighted by molar-refractivity contribution is -0.384. The van der Waals surface area contributed by atoms with E-state index < -0.39 is 40.2 Å². The summed E-state index contributed by atoms with van der Waals surface area (Å²) in [5.41, 5.74) is -0.553. The Kier molecular flexibility index (Phi) is 5.89. The molecule has 1 fully saturated rings. The van der Waals surface area contributed by atoms with Gasteiger partial charge in [0.25, 0.3) is 17.4 Å². The lowest BCUT2D eigenvalue weighted by atomic mass is 9.94. The van der Waals surface area contributed by atoms with Crippen LogP contribution in [0.25, 0.3) is 5.76 Å². The van der Waals surface area contributed by atoms with E-state index in [0.29, 0.717) is 0 Å². The fraction of sp³-hybridized carbons (Fsp3) is 0.120. The summed E-state index contributed by atoms with van der Waals surface area (Å²) in [4.78, 5) is 37.4. The molecule has 1 saturated heterocycles. The van der Waals surface area contributed by atoms with Crippen LogP contribution in [0.1, 0.15) is 28.3 Å². The number of hydrogen-bond donors (Lipinski definition) is 1. The van der Waals surface area contributed by atoms with Gasteiger partial charge in [-0.3, -0.25) is 24.6 Å². The second kappa shape index (κ2) is 8.71. The average molecular weight is 482 g/mol. The van der Waals surface area contributed by atoms with Crippen LogP contribution in [0.15, 0.2) is 78.4 Å². The van der Waals surface area contributed by atoms with Crippen LogP contribution in [0.5, 0.6) is 0 Å². The molecule has 178 valence electrons. The molecule has 0 aliphatic carbocycles. The molecule has 1 aliphatic rings. The van der Waals surface area contributed by atoms with Gasteiger partial charge in [-0.1, -0.05) is 35.9 Å². The SMILES string of the molecule is Cc1ccc(/C(O)=C2\C(=O)C(=O)N(c3cccc(C(F)(F)F)c3)[C@H]2c2ccc([N+](=O)[O-])cc2)cc1. The van der Waals surface area contributed by atoms with Gasteiger partial charge in [0.1, 0.15) is 5.76 Å². The number of alkyl halides is 3. The molecule has 10 heteroatoms. The van der Waals surface area contributed by atoms with Gasteiger partial charge in [0, 0.05) is 23.4 Å². The normalized spacial score (nSPS) is 17.6. The number of aliphatic hydroxyl groups excluding tert-OH is 1. The maximum atomic E-state index is 13.3. The molecule has 0 saturated carbocycles. The quantitative estimate of drug-likeness (QED) is 0.173. The predicted octanol–water partition coefficient (Wildman–Crippen LogP) is 5.55. The largest absolute Gasteiger partial charge is 0.507 e. The summed E-state index contributed by atoms with van der Waals surface area (Å²) in [7, 11) is 0. The van der Waals surface area contributed by atoms with Gasteiger partial charge in [0.05, 0.1) is 22.1 Å². The Hall–Kier alpha value is -4.47. The van der Waals surface area contributed by atoms with Crippen LogP contribution in [0.2, 0.25) is 0 Å². The van der Waals surface area contributed by atoms with Gasteiger partial charge in [-0.25, -0.2) is 0 Å². The number of aliphatic hydroxyl groups is 1. The van der Waals surface area contributed by atoms with E-state index >= 15 is 0 Å². The number of nitro groups is 1. The van der Waals surface area contributed by atoms with E-state index in [2.05, 4.69) is 0 Å². The third-order valence-electron chi connectivity index (χ3n) is 5.64. The van der Waals surface area contributed by atoms with Crippen molar-refractivity contribution in [3.8, 4) is 0 Å². The lowest BCUT2D eigenvalue weighted by Crippen LogP contribution is -2.29. The van der Waals surface area contributed by atoms with E-state index in [1.54, 1.807) is 12.1 Å². The first-order chi connectivity index (χ1) is 16.5. The molecule has 35 heavy (non-hydrogen) atoms. The molecule has 1 N–H and O–H groups in total. The smallest absolute Gasteiger partial charge is 0.416 e. The van der Waals surface area contributed by atoms with Crippen LogP contribution in [0.3, 0.4) is 0 Å². The second-order valence-electron chi connectivity index (χ2n) is 7.93. The van der Waals surface area contributed by atoms with Gasteiger partial charge < -0.3 is 5.11 Å². The molecule has 4 rings (SSSR count). The molecule has 0 unspecified atom stereocenters. The molecule has 0 aromatic heterocycles. The van der Waals surface area contributed by atoms with Crippen molar-refractivity contribution in [2.45, 2.75) is 19.1 Å². The first-order valence-electron chi connectivity index (χ1n) is 10.3. The molecule has 1 heterocycles. The zero-order valence-corrected chi connectivity index (χ0v) is 18.1. The Morgan fingerprint density at radius 1 is 1.00 bits per heavy atom. The van der Waals surface area contributed by atoms with Crippen molar-refractivity contribution in [2.24, 2.45) is 0 Å². The highest BCUT2D eigenvalue weighted by Gasteiger charge is 2.47. The number of aryl methyl sites for hydroxylation is 1. The van der Waals surface area contributed by atoms with Crippen LogP contribution >= 0.6 is 0 Å². The van der Waals surface area contributed by atoms with Crippen LogP contribution in [-0.2, 0) is 15.8 Å². The molecule has 7 nitrogen and oxygen atoms in total. The van der Waals surface area contributed by atoms with Gasteiger partial charge in [-0.05, 0) is 42.8 Å². The van der Waals surface area contributed by atoms with E-state index in [1.165, 1.54) is 30.3 Å². The van der Waals surface area contributed by atoms with Gasteiger partial charge in [-0.2, -0.15) is 13.2 Å². The summed E-state index contributed by atoms with van der Waals surface area (Å²) in [6.07, 6.45) is -4.70. The second-order valence-corrected chi connectivity index (χ2v) is 7.93. The number of carbonyl (C=O) groups is 2. The van der Waals surface area contributed by atoms with Crippen molar-refractivity contribution in [1.82, 2.24) is 0 Å². The minimum atomic E-state index is -4.70. The highest BCUT2D eigenvalue weighted by atomic mass is 19.4. The summed E-state index contributed by atoms with van der Waals surface area (Å²) in [5, 5.41) is 22.1. The number of non-ortho nitro benzene ring substituents is 1. The Balaban J connectivity index is 1.94. The number of benzene rings is 3. The summed E-state index contributed by atoms with van der Waals surface area (Å²) in [6.45, 7) is 1.81. The topological polar surface area (TPSA) is 101 Å². The average Bonchev–Trinajstić information content (AvgIpc) is 3.09. The van der Waals surface area contributed by atoms with Crippen molar-refractivity contribution in [2.75, 3.05) is 4.90 Å². The molecule has 0 radical (unpaired) electrons. The third kappa shape index (κ3) is 4.37. The molecule has 1 atom stereocenters. The lowest BCUT2D eigenvalue weighted by Gasteiger charge is -2.26. The zero-order valence-electron chi connectivity index (χ0n) is 18.1. The molecule has 3 aromatic rings. The van der Waals surface area contributed by atoms with Crippen molar-refractivity contribution >= 4 is 28.8 Å². The third-order valence-corrected chi connectivity index (χ3v) is 5.64. The number of amides is 1. The van der Waals surface area contributed by atoms with E-state index in [9.17, 15) is 38.0 Å². The number of halogens is 3. The molecule has 1 amide bonds. The van der Waals surface area contributed by atoms with E-state index in [-0.39, 0.29) is 28.1 Å². The van der Waals surface area contributed by atoms with Gasteiger partial charge in [0.2, 0.25) is 0 Å². The molecule has 3 aromatic carbocycles. The maximum Gasteiger partial charge on any atom is 0.416 e. The van der Waals surface area contributed by atoms with Crippen molar-refractivity contribution in [1.29, 1.82) is 0 Å². The number of carbonyl (C=O) groups excluding carboxylic acids is 2. The Labute approximate surface area is 196 Å². The minimum Gasteiger partial charge on any atom is -0.507 e. The molecular weight excluding hydrogens is 465 g/mol. The number of Topliss-reactive ketones (excluding diaryl/α,β-unsaturated/α-hetero) is 1. The molecule has 0 spiro atoms. The van der Waals surface area contributed by atoms with Gasteiger partial charge in [-0.15, -0.1) is 0 Å². The molecule has 0 bridgehead atoms. The first kappa shape index (κ1) is 23.7. The zero-order chi connectivity index (χ0) is 25.5. The molecular formula is C25H17F3N2O5. The summed E-state index contributed by atoms with van der Waals surface area (Å²) in [5.74, 6) is -2.74. The number of hydrogen-bond acceptors (Lipinski definition) is 5. The fourth-order valence-electron chi connectivity index (χ4n) is 3.89. The number of nitrogens with zero attached hydrogens (tertiary/aromatic N) is 2. The van der Waals surface area contributed by atoms with E-state index in [4.69, 9.17) is 0 Å². The Morgan fingerprint density at radius 2 is 1.63 bits per heavy atom. The predicted molar refractivity (Wildman–Crippen MR) is 121 cm³/mol. The Morgan fingerprint density at radius 3 is 2.20 bits per heavy atom. The summed E-state index contributed by atoms with van der Waals surface area (Å²) in [6, 6.07) is 13.9. The number of rotatable bonds is 4. The van der Waals surface area contributed by atoms with Crippen LogP contribution in [-0.4, -0.2) is 21.7 Å². The minimum absolute atomic E-state index is 0.195. The Bertz CT molecular complexity index is 1360. The van der Waals surface area contributed by atoms with Gasteiger partial charge >= 0.3 is 6.18 Å². The summed E-state index contributed by atoms with van der Waals surface area (Å²) < 4.78 is 40.0. The van der Waals surface area contributed by atoms with E-state index in [0.717, 1.165) is 40.8 Å². The molecule has 1 aliphatic heterocycles. The van der Waals surface area contributed by atoms with Crippen LogP contribution < -0.4 is 4.90 Å². The van der Waals surface area contributed by atoms with E-state index in [1.807, 2.05) is 6.92 Å². The standard InChI is InChI=1S/C25H17F3N2O5/c1-14-5-7-16(8-6-14)22(31)20-21(15-9-11-18(12-10-15)30(34)35)29(24(33)23(20)32)19-4-2-3-17(13-19)25(26,27)28/h2-13,21,31H,1H3/b22-20+/t21-/m0/s1. The fourth-order valence-corrected chi connectivity index (χ4v) is 3.89. The maximum absolute atomic E-state index is 13.3. The van der Waals surface area contributed by atoms with Crippen molar-refractivity contribution < 1.29 is 32.8 Å². The van der Waals surface area contributed by atoms with Crippen LogP contribution in [0.4, 0.5) is 24.5 Å². The van der Waals surface area contributed by atoms with Crippen molar-refractivity contribution in [3.05, 3.63) is 111 Å². The number of ketones is 1. The van der Waals surface area contributed by atoms with Crippen LogP contribution in [0, 0.1) is 17.0 Å². The highest BCUT2D eigenvalue weighted by molar-refractivity contribution is 6.51.